The molecule has 5 heteroatoms. The molecule has 3 rings (SSSR count). The fourth-order valence-corrected chi connectivity index (χ4v) is 2.63. The molecule has 0 aliphatic rings. The number of nitrogens with zero attached hydrogens (tertiary/aromatic N) is 1. The Labute approximate surface area is 135 Å². The molecule has 2 aromatic carbocycles. The van der Waals surface area contributed by atoms with Gasteiger partial charge >= 0.3 is 0 Å². The van der Waals surface area contributed by atoms with E-state index in [1.54, 1.807) is 6.20 Å². The van der Waals surface area contributed by atoms with Gasteiger partial charge in [-0.2, -0.15) is 0 Å². The van der Waals surface area contributed by atoms with Gasteiger partial charge in [-0.25, -0.2) is 0 Å². The maximum atomic E-state index is 6.14. The molecule has 1 heterocycles. The summed E-state index contributed by atoms with van der Waals surface area (Å²) in [7, 11) is 0. The number of hydrogen-bond donors (Lipinski definition) is 1. The summed E-state index contributed by atoms with van der Waals surface area (Å²) in [6, 6.07) is 13.4. The van der Waals surface area contributed by atoms with Gasteiger partial charge in [0.1, 0.15) is 6.61 Å². The number of halogens is 2. The highest BCUT2D eigenvalue weighted by Crippen LogP contribution is 2.33. The maximum absolute atomic E-state index is 6.14. The Morgan fingerprint density at radius 3 is 2.81 bits per heavy atom. The van der Waals surface area contributed by atoms with E-state index in [-0.39, 0.29) is 0 Å². The van der Waals surface area contributed by atoms with E-state index >= 15 is 0 Å². The Bertz CT molecular complexity index is 802. The molecule has 1 aromatic heterocycles. The lowest BCUT2D eigenvalue weighted by Gasteiger charge is -2.12. The smallest absolute Gasteiger partial charge is 0.153 e. The van der Waals surface area contributed by atoms with Gasteiger partial charge in [-0.3, -0.25) is 4.98 Å². The van der Waals surface area contributed by atoms with E-state index in [1.165, 1.54) is 0 Å². The van der Waals surface area contributed by atoms with Crippen LogP contribution in [-0.4, -0.2) is 4.98 Å². The van der Waals surface area contributed by atoms with E-state index in [0.29, 0.717) is 23.1 Å². The van der Waals surface area contributed by atoms with Crippen molar-refractivity contribution in [3.05, 3.63) is 63.7 Å². The first-order valence-electron chi connectivity index (χ1n) is 6.35. The first-order valence-corrected chi connectivity index (χ1v) is 7.52. The number of aromatic nitrogens is 1. The highest BCUT2D eigenvalue weighted by atomic mass is 79.9. The minimum atomic E-state index is 0.357. The Hall–Kier alpha value is -1.78. The number of nitrogens with two attached hydrogens (primary N) is 1. The van der Waals surface area contributed by atoms with Crippen molar-refractivity contribution in [1.29, 1.82) is 0 Å². The third kappa shape index (κ3) is 2.96. The van der Waals surface area contributed by atoms with Gasteiger partial charge in [0.25, 0.3) is 0 Å². The predicted molar refractivity (Wildman–Crippen MR) is 89.6 cm³/mol. The average Bonchev–Trinajstić information content (AvgIpc) is 2.48. The van der Waals surface area contributed by atoms with Gasteiger partial charge in [0.15, 0.2) is 5.75 Å². The quantitative estimate of drug-likeness (QED) is 0.726. The standard InChI is InChI=1S/C16H12BrClN2O/c17-11-5-6-15-12(7-11)16(14(19)8-20-15)21-9-10-3-1-2-4-13(10)18/h1-8H,9,19H2. The van der Waals surface area contributed by atoms with E-state index in [1.807, 2.05) is 42.5 Å². The van der Waals surface area contributed by atoms with Crippen molar-refractivity contribution in [3.63, 3.8) is 0 Å². The van der Waals surface area contributed by atoms with Crippen LogP contribution in [0.3, 0.4) is 0 Å². The molecule has 2 N–H and O–H groups in total. The normalized spacial score (nSPS) is 10.8. The van der Waals surface area contributed by atoms with Crippen molar-refractivity contribution in [1.82, 2.24) is 4.98 Å². The predicted octanol–water partition coefficient (Wildman–Crippen LogP) is 4.81. The van der Waals surface area contributed by atoms with Crippen molar-refractivity contribution in [2.24, 2.45) is 0 Å². The Morgan fingerprint density at radius 1 is 1.19 bits per heavy atom. The molecule has 0 radical (unpaired) electrons. The summed E-state index contributed by atoms with van der Waals surface area (Å²) >= 11 is 9.60. The zero-order valence-electron chi connectivity index (χ0n) is 11.0. The molecule has 0 saturated heterocycles. The molecule has 0 amide bonds. The van der Waals surface area contributed by atoms with Crippen molar-refractivity contribution in [2.45, 2.75) is 6.61 Å². The van der Waals surface area contributed by atoms with Crippen LogP contribution in [0.1, 0.15) is 5.56 Å². The molecular weight excluding hydrogens is 352 g/mol. The maximum Gasteiger partial charge on any atom is 0.153 e. The topological polar surface area (TPSA) is 48.1 Å². The summed E-state index contributed by atoms with van der Waals surface area (Å²) in [5.41, 5.74) is 8.26. The zero-order valence-corrected chi connectivity index (χ0v) is 13.4. The van der Waals surface area contributed by atoms with Gasteiger partial charge in [-0.1, -0.05) is 45.7 Å². The summed E-state index contributed by atoms with van der Waals surface area (Å²) in [5, 5.41) is 1.55. The van der Waals surface area contributed by atoms with E-state index in [0.717, 1.165) is 20.9 Å². The molecule has 106 valence electrons. The molecule has 0 spiro atoms. The highest BCUT2D eigenvalue weighted by Gasteiger charge is 2.10. The van der Waals surface area contributed by atoms with Gasteiger partial charge in [-0.05, 0) is 24.3 Å². The summed E-state index contributed by atoms with van der Waals surface area (Å²) in [4.78, 5) is 4.30. The van der Waals surface area contributed by atoms with E-state index in [9.17, 15) is 0 Å². The van der Waals surface area contributed by atoms with Crippen LogP contribution >= 0.6 is 27.5 Å². The van der Waals surface area contributed by atoms with Crippen LogP contribution in [0.25, 0.3) is 10.9 Å². The lowest BCUT2D eigenvalue weighted by atomic mass is 10.2. The number of hydrogen-bond acceptors (Lipinski definition) is 3. The number of pyridine rings is 1. The first-order chi connectivity index (χ1) is 10.1. The lowest BCUT2D eigenvalue weighted by molar-refractivity contribution is 0.311. The van der Waals surface area contributed by atoms with Gasteiger partial charge in [-0.15, -0.1) is 0 Å². The van der Waals surface area contributed by atoms with Crippen LogP contribution in [0.2, 0.25) is 5.02 Å². The summed E-state index contributed by atoms with van der Waals surface area (Å²) in [5.74, 6) is 0.626. The van der Waals surface area contributed by atoms with Crippen LogP contribution in [0.5, 0.6) is 5.75 Å². The third-order valence-electron chi connectivity index (χ3n) is 3.14. The number of benzene rings is 2. The van der Waals surface area contributed by atoms with Crippen molar-refractivity contribution in [3.8, 4) is 5.75 Å². The molecule has 0 aliphatic carbocycles. The second kappa shape index (κ2) is 5.92. The van der Waals surface area contributed by atoms with Crippen molar-refractivity contribution < 1.29 is 4.74 Å². The summed E-state index contributed by atoms with van der Waals surface area (Å²) in [6.45, 7) is 0.357. The largest absolute Gasteiger partial charge is 0.486 e. The monoisotopic (exact) mass is 362 g/mol. The molecule has 0 unspecified atom stereocenters. The average molecular weight is 364 g/mol. The molecule has 0 fully saturated rings. The van der Waals surface area contributed by atoms with Gasteiger partial charge < -0.3 is 10.5 Å². The number of nitrogen functional groups attached to an aromatic ring is 1. The van der Waals surface area contributed by atoms with Crippen LogP contribution in [-0.2, 0) is 6.61 Å². The van der Waals surface area contributed by atoms with Crippen LogP contribution < -0.4 is 10.5 Å². The summed E-state index contributed by atoms with van der Waals surface area (Å²) in [6.07, 6.45) is 1.61. The number of anilines is 1. The van der Waals surface area contributed by atoms with Crippen LogP contribution in [0.15, 0.2) is 53.1 Å². The Morgan fingerprint density at radius 2 is 2.00 bits per heavy atom. The molecule has 0 bridgehead atoms. The fraction of sp³-hybridized carbons (Fsp3) is 0.0625. The third-order valence-corrected chi connectivity index (χ3v) is 4.00. The Kier molecular flexibility index (Phi) is 3.99. The molecular formula is C16H12BrClN2O. The second-order valence-corrected chi connectivity index (χ2v) is 5.91. The van der Waals surface area contributed by atoms with Crippen molar-refractivity contribution >= 4 is 44.1 Å². The summed E-state index contributed by atoms with van der Waals surface area (Å²) < 4.78 is 6.85. The molecule has 3 aromatic rings. The highest BCUT2D eigenvalue weighted by molar-refractivity contribution is 9.10. The minimum absolute atomic E-state index is 0.357. The number of rotatable bonds is 3. The van der Waals surface area contributed by atoms with Gasteiger partial charge in [0.2, 0.25) is 0 Å². The fourth-order valence-electron chi connectivity index (χ4n) is 2.08. The molecule has 21 heavy (non-hydrogen) atoms. The van der Waals surface area contributed by atoms with Gasteiger partial charge in [0.05, 0.1) is 17.4 Å². The van der Waals surface area contributed by atoms with Crippen LogP contribution in [0, 0.1) is 0 Å². The molecule has 3 nitrogen and oxygen atoms in total. The van der Waals surface area contributed by atoms with Crippen molar-refractivity contribution in [2.75, 3.05) is 5.73 Å². The van der Waals surface area contributed by atoms with Crippen LogP contribution in [0.4, 0.5) is 5.69 Å². The lowest BCUT2D eigenvalue weighted by Crippen LogP contribution is -2.01. The second-order valence-electron chi connectivity index (χ2n) is 4.58. The molecule has 0 saturated carbocycles. The van der Waals surface area contributed by atoms with Gasteiger partial charge in [0, 0.05) is 20.4 Å². The van der Waals surface area contributed by atoms with E-state index in [4.69, 9.17) is 22.1 Å². The molecule has 0 aliphatic heterocycles. The minimum Gasteiger partial charge on any atom is -0.486 e. The molecule has 0 atom stereocenters. The first kappa shape index (κ1) is 14.2. The number of ether oxygens (including phenoxy) is 1. The zero-order chi connectivity index (χ0) is 14.8. The van der Waals surface area contributed by atoms with E-state index in [2.05, 4.69) is 20.9 Å². The Balaban J connectivity index is 1.98. The van der Waals surface area contributed by atoms with E-state index < -0.39 is 0 Å². The number of fused-ring (bicyclic) bond motifs is 1. The SMILES string of the molecule is Nc1cnc2ccc(Br)cc2c1OCc1ccccc1Cl.